The zero-order valence-electron chi connectivity index (χ0n) is 16.6. The van der Waals surface area contributed by atoms with Crippen LogP contribution in [0, 0.1) is 5.92 Å². The normalized spacial score (nSPS) is 17.2. The lowest BCUT2D eigenvalue weighted by molar-refractivity contribution is -0.136. The molecule has 0 bridgehead atoms. The highest BCUT2D eigenvalue weighted by molar-refractivity contribution is 9.10. The fourth-order valence-corrected chi connectivity index (χ4v) is 4.41. The number of anilines is 1. The highest BCUT2D eigenvalue weighted by Crippen LogP contribution is 2.27. The van der Waals surface area contributed by atoms with E-state index in [0.717, 1.165) is 25.7 Å². The van der Waals surface area contributed by atoms with E-state index >= 15 is 0 Å². The van der Waals surface area contributed by atoms with E-state index in [9.17, 15) is 14.4 Å². The van der Waals surface area contributed by atoms with E-state index in [0.29, 0.717) is 42.1 Å². The number of carbonyl (C=O) groups excluding carboxylic acids is 3. The largest absolute Gasteiger partial charge is 0.444 e. The number of carbonyl (C=O) groups is 3. The molecule has 158 valence electrons. The summed E-state index contributed by atoms with van der Waals surface area (Å²) in [6.45, 7) is 2.19. The Labute approximate surface area is 183 Å². The summed E-state index contributed by atoms with van der Waals surface area (Å²) in [5.41, 5.74) is 1.03. The predicted octanol–water partition coefficient (Wildman–Crippen LogP) is 3.77. The molecule has 0 unspecified atom stereocenters. The Hall–Kier alpha value is -2.61. The summed E-state index contributed by atoms with van der Waals surface area (Å²) in [6.07, 6.45) is 4.26. The molecule has 0 radical (unpaired) electrons. The minimum absolute atomic E-state index is 0.0974. The molecule has 4 rings (SSSR count). The maximum Gasteiger partial charge on any atom is 0.291 e. The Kier molecular flexibility index (Phi) is 6.22. The highest BCUT2D eigenvalue weighted by atomic mass is 79.9. The summed E-state index contributed by atoms with van der Waals surface area (Å²) >= 11 is 3.17. The van der Waals surface area contributed by atoms with Gasteiger partial charge in [0.25, 0.3) is 11.8 Å². The number of hydrogen-bond donors (Lipinski definition) is 1. The van der Waals surface area contributed by atoms with E-state index in [1.807, 2.05) is 4.90 Å². The Balaban J connectivity index is 1.35. The van der Waals surface area contributed by atoms with Crippen LogP contribution in [0.3, 0.4) is 0 Å². The number of rotatable bonds is 4. The van der Waals surface area contributed by atoms with Gasteiger partial charge >= 0.3 is 0 Å². The molecule has 1 saturated heterocycles. The molecule has 0 atom stereocenters. The van der Waals surface area contributed by atoms with Gasteiger partial charge in [0.2, 0.25) is 5.91 Å². The summed E-state index contributed by atoms with van der Waals surface area (Å²) < 4.78 is 5.73. The number of piperazine rings is 1. The Morgan fingerprint density at radius 1 is 0.967 bits per heavy atom. The minimum atomic E-state index is -0.385. The quantitative estimate of drug-likeness (QED) is 0.732. The van der Waals surface area contributed by atoms with Crippen molar-refractivity contribution < 1.29 is 18.8 Å². The van der Waals surface area contributed by atoms with Gasteiger partial charge in [0.15, 0.2) is 10.4 Å². The molecule has 1 aromatic heterocycles. The number of halogens is 1. The lowest BCUT2D eigenvalue weighted by Gasteiger charge is -2.36. The third-order valence-electron chi connectivity index (χ3n) is 5.75. The van der Waals surface area contributed by atoms with Crippen molar-refractivity contribution in [1.82, 2.24) is 9.80 Å². The van der Waals surface area contributed by atoms with Crippen molar-refractivity contribution in [2.75, 3.05) is 31.5 Å². The van der Waals surface area contributed by atoms with Gasteiger partial charge in [0.1, 0.15) is 0 Å². The van der Waals surface area contributed by atoms with Gasteiger partial charge < -0.3 is 19.5 Å². The van der Waals surface area contributed by atoms with Crippen LogP contribution in [0.15, 0.2) is 45.5 Å². The van der Waals surface area contributed by atoms with Gasteiger partial charge in [-0.1, -0.05) is 18.9 Å². The average Bonchev–Trinajstić information content (AvgIpc) is 3.45. The Morgan fingerprint density at radius 2 is 1.67 bits per heavy atom. The molecule has 3 amide bonds. The second-order valence-electron chi connectivity index (χ2n) is 7.74. The van der Waals surface area contributed by atoms with Crippen molar-refractivity contribution in [3.8, 4) is 0 Å². The van der Waals surface area contributed by atoms with Crippen LogP contribution in [0.2, 0.25) is 0 Å². The maximum atomic E-state index is 12.9. The summed E-state index contributed by atoms with van der Waals surface area (Å²) in [5.74, 6) is 0.113. The first-order valence-corrected chi connectivity index (χ1v) is 11.1. The van der Waals surface area contributed by atoms with Gasteiger partial charge in [-0.05, 0) is 59.1 Å². The van der Waals surface area contributed by atoms with E-state index < -0.39 is 0 Å². The van der Waals surface area contributed by atoms with Crippen molar-refractivity contribution in [3.63, 3.8) is 0 Å². The second-order valence-corrected chi connectivity index (χ2v) is 8.52. The van der Waals surface area contributed by atoms with Gasteiger partial charge in [-0.25, -0.2) is 0 Å². The van der Waals surface area contributed by atoms with Crippen LogP contribution in [-0.4, -0.2) is 53.7 Å². The molecule has 7 nitrogen and oxygen atoms in total. The van der Waals surface area contributed by atoms with Crippen molar-refractivity contribution in [2.24, 2.45) is 5.92 Å². The fourth-order valence-electron chi connectivity index (χ4n) is 4.10. The number of furan rings is 1. The van der Waals surface area contributed by atoms with E-state index in [4.69, 9.17) is 4.42 Å². The summed E-state index contributed by atoms with van der Waals surface area (Å²) in [7, 11) is 0. The van der Waals surface area contributed by atoms with Crippen molar-refractivity contribution in [3.05, 3.63) is 52.4 Å². The fraction of sp³-hybridized carbons (Fsp3) is 0.409. The molecule has 0 spiro atoms. The monoisotopic (exact) mass is 473 g/mol. The topological polar surface area (TPSA) is 82.9 Å². The van der Waals surface area contributed by atoms with Crippen molar-refractivity contribution in [1.29, 1.82) is 0 Å². The highest BCUT2D eigenvalue weighted by Gasteiger charge is 2.30. The summed E-state index contributed by atoms with van der Waals surface area (Å²) in [5, 5.41) is 2.75. The maximum absolute atomic E-state index is 12.9. The molecule has 1 aromatic carbocycles. The second kappa shape index (κ2) is 9.04. The summed E-state index contributed by atoms with van der Waals surface area (Å²) in [4.78, 5) is 41.4. The van der Waals surface area contributed by atoms with Gasteiger partial charge in [0, 0.05) is 43.3 Å². The van der Waals surface area contributed by atoms with E-state index in [-0.39, 0.29) is 29.4 Å². The minimum Gasteiger partial charge on any atom is -0.444 e. The van der Waals surface area contributed by atoms with Crippen LogP contribution in [0.4, 0.5) is 5.69 Å². The zero-order chi connectivity index (χ0) is 21.1. The van der Waals surface area contributed by atoms with Crippen molar-refractivity contribution in [2.45, 2.75) is 25.7 Å². The number of hydrogen-bond acceptors (Lipinski definition) is 4. The molecule has 1 aliphatic carbocycles. The third-order valence-corrected chi connectivity index (χ3v) is 6.17. The van der Waals surface area contributed by atoms with Crippen LogP contribution in [-0.2, 0) is 4.79 Å². The predicted molar refractivity (Wildman–Crippen MR) is 115 cm³/mol. The first-order chi connectivity index (χ1) is 14.5. The molecule has 1 N–H and O–H groups in total. The van der Waals surface area contributed by atoms with E-state index in [1.54, 1.807) is 41.3 Å². The van der Waals surface area contributed by atoms with E-state index in [1.165, 1.54) is 0 Å². The number of amides is 3. The SMILES string of the molecule is O=C(Nc1cccc(C(=O)N2CCN(C(=O)C3CCCC3)CC2)c1)c1ccc(Br)o1. The number of nitrogens with zero attached hydrogens (tertiary/aromatic N) is 2. The average molecular weight is 474 g/mol. The first kappa shape index (κ1) is 20.7. The van der Waals surface area contributed by atoms with Gasteiger partial charge in [-0.15, -0.1) is 0 Å². The first-order valence-electron chi connectivity index (χ1n) is 10.3. The molecule has 8 heteroatoms. The van der Waals surface area contributed by atoms with Crippen molar-refractivity contribution >= 4 is 39.3 Å². The molecule has 1 aliphatic heterocycles. The lowest BCUT2D eigenvalue weighted by Crippen LogP contribution is -2.51. The lowest BCUT2D eigenvalue weighted by atomic mass is 10.1. The molecule has 2 aliphatic rings. The van der Waals surface area contributed by atoms with Crippen LogP contribution in [0.25, 0.3) is 0 Å². The molecular formula is C22H24BrN3O4. The Bertz CT molecular complexity index is 943. The standard InChI is InChI=1S/C22H24BrN3O4/c23-19-9-8-18(30-19)20(27)24-17-7-3-6-16(14-17)22(29)26-12-10-25(11-13-26)21(28)15-4-1-2-5-15/h3,6-9,14-15H,1-2,4-5,10-13H2,(H,24,27). The van der Waals surface area contributed by atoms with Gasteiger partial charge in [0.05, 0.1) is 0 Å². The van der Waals surface area contributed by atoms with Crippen LogP contribution in [0.5, 0.6) is 0 Å². The number of nitrogens with one attached hydrogen (secondary N) is 1. The number of benzene rings is 1. The molecule has 2 heterocycles. The Morgan fingerprint density at radius 3 is 2.33 bits per heavy atom. The van der Waals surface area contributed by atoms with Crippen LogP contribution in [0.1, 0.15) is 46.6 Å². The molecule has 1 saturated carbocycles. The van der Waals surface area contributed by atoms with Gasteiger partial charge in [-0.2, -0.15) is 0 Å². The molecule has 2 fully saturated rings. The van der Waals surface area contributed by atoms with Crippen LogP contribution >= 0.6 is 15.9 Å². The third kappa shape index (κ3) is 4.59. The molecular weight excluding hydrogens is 450 g/mol. The summed E-state index contributed by atoms with van der Waals surface area (Å²) in [6, 6.07) is 10.1. The van der Waals surface area contributed by atoms with E-state index in [2.05, 4.69) is 21.2 Å². The van der Waals surface area contributed by atoms with Crippen LogP contribution < -0.4 is 5.32 Å². The molecule has 30 heavy (non-hydrogen) atoms. The van der Waals surface area contributed by atoms with Gasteiger partial charge in [-0.3, -0.25) is 14.4 Å². The smallest absolute Gasteiger partial charge is 0.291 e. The molecule has 2 aromatic rings. The zero-order valence-corrected chi connectivity index (χ0v) is 18.2.